The number of nitrogens with one attached hydrogen (secondary N) is 2. The van der Waals surface area contributed by atoms with Gasteiger partial charge in [-0.3, -0.25) is 9.59 Å². The summed E-state index contributed by atoms with van der Waals surface area (Å²) in [6.07, 6.45) is 4.50. The highest BCUT2D eigenvalue weighted by atomic mass is 16.4. The van der Waals surface area contributed by atoms with Gasteiger partial charge in [-0.2, -0.15) is 0 Å². The molecule has 0 bridgehead atoms. The highest BCUT2D eigenvalue weighted by Gasteiger charge is 2.35. The minimum absolute atomic E-state index is 0.0231. The first kappa shape index (κ1) is 11.4. The van der Waals surface area contributed by atoms with Crippen LogP contribution in [-0.2, 0) is 9.59 Å². The molecule has 90 valence electrons. The van der Waals surface area contributed by atoms with Gasteiger partial charge >= 0.3 is 5.97 Å². The second kappa shape index (κ2) is 4.82. The Hall–Kier alpha value is -1.10. The Morgan fingerprint density at radius 1 is 1.25 bits per heavy atom. The Bertz CT molecular complexity index is 285. The molecular weight excluding hydrogens is 208 g/mol. The van der Waals surface area contributed by atoms with Crippen molar-refractivity contribution in [3.63, 3.8) is 0 Å². The first-order chi connectivity index (χ1) is 7.66. The van der Waals surface area contributed by atoms with Crippen LogP contribution >= 0.6 is 0 Å². The summed E-state index contributed by atoms with van der Waals surface area (Å²) in [5, 5.41) is 14.8. The van der Waals surface area contributed by atoms with Gasteiger partial charge in [-0.25, -0.2) is 0 Å². The maximum Gasteiger partial charge on any atom is 0.320 e. The molecule has 0 aromatic rings. The second-order valence-electron chi connectivity index (χ2n) is 4.70. The summed E-state index contributed by atoms with van der Waals surface area (Å²) in [6, 6.07) is -0.0834. The molecule has 1 unspecified atom stereocenters. The maximum atomic E-state index is 11.3. The second-order valence-corrected chi connectivity index (χ2v) is 4.70. The van der Waals surface area contributed by atoms with E-state index in [1.807, 2.05) is 0 Å². The van der Waals surface area contributed by atoms with Gasteiger partial charge in [-0.1, -0.05) is 0 Å². The Labute approximate surface area is 94.6 Å². The van der Waals surface area contributed by atoms with Gasteiger partial charge in [0.05, 0.1) is 0 Å². The topological polar surface area (TPSA) is 78.4 Å². The molecule has 1 atom stereocenters. The van der Waals surface area contributed by atoms with Crippen LogP contribution in [0.1, 0.15) is 32.1 Å². The van der Waals surface area contributed by atoms with E-state index in [0.29, 0.717) is 19.0 Å². The van der Waals surface area contributed by atoms with Crippen molar-refractivity contribution in [3.8, 4) is 0 Å². The zero-order valence-electron chi connectivity index (χ0n) is 9.24. The molecule has 0 aliphatic heterocycles. The van der Waals surface area contributed by atoms with Gasteiger partial charge in [-0.15, -0.1) is 0 Å². The molecule has 2 fully saturated rings. The molecule has 3 N–H and O–H groups in total. The largest absolute Gasteiger partial charge is 0.480 e. The number of rotatable bonds is 7. The fraction of sp³-hybridized carbons (Fsp3) is 0.818. The number of carbonyl (C=O) groups excluding carboxylic acids is 1. The lowest BCUT2D eigenvalue weighted by Crippen LogP contribution is -2.40. The first-order valence-corrected chi connectivity index (χ1v) is 5.92. The molecule has 0 heterocycles. The van der Waals surface area contributed by atoms with E-state index in [2.05, 4.69) is 10.6 Å². The smallest absolute Gasteiger partial charge is 0.320 e. The van der Waals surface area contributed by atoms with Crippen LogP contribution in [0, 0.1) is 5.92 Å². The number of carboxylic acids is 1. The maximum absolute atomic E-state index is 11.3. The van der Waals surface area contributed by atoms with Crippen LogP contribution < -0.4 is 10.6 Å². The fourth-order valence-corrected chi connectivity index (χ4v) is 1.75. The molecule has 16 heavy (non-hydrogen) atoms. The summed E-state index contributed by atoms with van der Waals surface area (Å²) in [5.41, 5.74) is 0. The summed E-state index contributed by atoms with van der Waals surface area (Å²) in [7, 11) is 0. The summed E-state index contributed by atoms with van der Waals surface area (Å²) in [5.74, 6) is -0.510. The summed E-state index contributed by atoms with van der Waals surface area (Å²) < 4.78 is 0. The highest BCUT2D eigenvalue weighted by molar-refractivity contribution is 5.77. The minimum Gasteiger partial charge on any atom is -0.480 e. The van der Waals surface area contributed by atoms with Gasteiger partial charge < -0.3 is 15.7 Å². The number of aliphatic carboxylic acids is 1. The molecule has 0 radical (unpaired) electrons. The summed E-state index contributed by atoms with van der Waals surface area (Å²) in [4.78, 5) is 22.2. The van der Waals surface area contributed by atoms with Gasteiger partial charge in [0.2, 0.25) is 5.91 Å². The van der Waals surface area contributed by atoms with E-state index in [1.165, 1.54) is 0 Å². The van der Waals surface area contributed by atoms with Crippen LogP contribution in [0.4, 0.5) is 0 Å². The fourth-order valence-electron chi connectivity index (χ4n) is 1.75. The predicted molar refractivity (Wildman–Crippen MR) is 57.9 cm³/mol. The number of amides is 1. The zero-order valence-corrected chi connectivity index (χ0v) is 9.24. The molecule has 0 aromatic heterocycles. The molecule has 2 saturated carbocycles. The van der Waals surface area contributed by atoms with E-state index in [4.69, 9.17) is 5.11 Å². The van der Waals surface area contributed by atoms with Gasteiger partial charge in [-0.05, 0) is 31.6 Å². The SMILES string of the molecule is O=C(CCNC(C(=O)O)C1CC1)NC1CC1. The lowest BCUT2D eigenvalue weighted by Gasteiger charge is -2.13. The number of carbonyl (C=O) groups is 2. The predicted octanol–water partition coefficient (Wildman–Crippen LogP) is 0.108. The summed E-state index contributed by atoms with van der Waals surface area (Å²) >= 11 is 0. The standard InChI is InChI=1S/C11H18N2O3/c14-9(13-8-3-4-8)5-6-12-10(11(15)16)7-1-2-7/h7-8,10,12H,1-6H2,(H,13,14)(H,15,16). The van der Waals surface area contributed by atoms with E-state index in [9.17, 15) is 9.59 Å². The molecule has 0 spiro atoms. The van der Waals surface area contributed by atoms with Crippen LogP contribution in [-0.4, -0.2) is 35.6 Å². The van der Waals surface area contributed by atoms with E-state index >= 15 is 0 Å². The van der Waals surface area contributed by atoms with Crippen molar-refractivity contribution in [1.29, 1.82) is 0 Å². The van der Waals surface area contributed by atoms with Crippen molar-refractivity contribution in [2.45, 2.75) is 44.2 Å². The van der Waals surface area contributed by atoms with Crippen molar-refractivity contribution < 1.29 is 14.7 Å². The van der Waals surface area contributed by atoms with Crippen LogP contribution in [0.2, 0.25) is 0 Å². The highest BCUT2D eigenvalue weighted by Crippen LogP contribution is 2.32. The molecule has 2 aliphatic carbocycles. The molecular formula is C11H18N2O3. The van der Waals surface area contributed by atoms with Crippen LogP contribution in [0.3, 0.4) is 0 Å². The molecule has 2 rings (SSSR count). The third-order valence-corrected chi connectivity index (χ3v) is 3.02. The van der Waals surface area contributed by atoms with Gasteiger partial charge in [0.1, 0.15) is 6.04 Å². The van der Waals surface area contributed by atoms with E-state index in [1.54, 1.807) is 0 Å². The number of carboxylic acid groups (broad SMARTS) is 1. The lowest BCUT2D eigenvalue weighted by atomic mass is 10.2. The molecule has 0 saturated heterocycles. The van der Waals surface area contributed by atoms with Gasteiger partial charge in [0.25, 0.3) is 0 Å². The third-order valence-electron chi connectivity index (χ3n) is 3.02. The van der Waals surface area contributed by atoms with Gasteiger partial charge in [0.15, 0.2) is 0 Å². The van der Waals surface area contributed by atoms with Crippen LogP contribution in [0.5, 0.6) is 0 Å². The van der Waals surface area contributed by atoms with Gasteiger partial charge in [0, 0.05) is 19.0 Å². The lowest BCUT2D eigenvalue weighted by molar-refractivity contribution is -0.140. The zero-order chi connectivity index (χ0) is 11.5. The quantitative estimate of drug-likeness (QED) is 0.575. The van der Waals surface area contributed by atoms with E-state index in [-0.39, 0.29) is 11.8 Å². The normalized spacial score (nSPS) is 21.5. The Morgan fingerprint density at radius 3 is 2.44 bits per heavy atom. The molecule has 0 aromatic carbocycles. The number of hydrogen-bond acceptors (Lipinski definition) is 3. The first-order valence-electron chi connectivity index (χ1n) is 5.92. The van der Waals surface area contributed by atoms with Crippen LogP contribution in [0.25, 0.3) is 0 Å². The monoisotopic (exact) mass is 226 g/mol. The average molecular weight is 226 g/mol. The minimum atomic E-state index is -0.801. The average Bonchev–Trinajstić information content (AvgIpc) is 3.04. The third kappa shape index (κ3) is 3.48. The number of hydrogen-bond donors (Lipinski definition) is 3. The molecule has 2 aliphatic rings. The summed E-state index contributed by atoms with van der Waals surface area (Å²) in [6.45, 7) is 0.450. The van der Waals surface area contributed by atoms with Crippen molar-refractivity contribution in [1.82, 2.24) is 10.6 Å². The van der Waals surface area contributed by atoms with E-state index < -0.39 is 12.0 Å². The molecule has 1 amide bonds. The Morgan fingerprint density at radius 2 is 1.94 bits per heavy atom. The van der Waals surface area contributed by atoms with E-state index in [0.717, 1.165) is 25.7 Å². The Kier molecular flexibility index (Phi) is 3.43. The molecule has 5 heteroatoms. The van der Waals surface area contributed by atoms with Crippen molar-refractivity contribution in [3.05, 3.63) is 0 Å². The van der Waals surface area contributed by atoms with Crippen molar-refractivity contribution >= 4 is 11.9 Å². The van der Waals surface area contributed by atoms with Crippen molar-refractivity contribution in [2.24, 2.45) is 5.92 Å². The molecule has 5 nitrogen and oxygen atoms in total. The van der Waals surface area contributed by atoms with Crippen LogP contribution in [0.15, 0.2) is 0 Å². The van der Waals surface area contributed by atoms with Crippen molar-refractivity contribution in [2.75, 3.05) is 6.54 Å². The Balaban J connectivity index is 1.61.